The van der Waals surface area contributed by atoms with Gasteiger partial charge in [0.25, 0.3) is 0 Å². The van der Waals surface area contributed by atoms with Gasteiger partial charge in [-0.1, -0.05) is 139 Å². The Kier molecular flexibility index (Phi) is 5.95. The Labute approximate surface area is 263 Å². The lowest BCUT2D eigenvalue weighted by Crippen LogP contribution is -2.57. The van der Waals surface area contributed by atoms with E-state index in [-0.39, 0.29) is 6.85 Å². The van der Waals surface area contributed by atoms with Crippen LogP contribution in [0.2, 0.25) is 0 Å². The van der Waals surface area contributed by atoms with Crippen LogP contribution >= 0.6 is 0 Å². The molecule has 45 heavy (non-hydrogen) atoms. The van der Waals surface area contributed by atoms with E-state index < -0.39 is 0 Å². The van der Waals surface area contributed by atoms with E-state index in [1.165, 1.54) is 60.7 Å². The molecule has 1 aliphatic heterocycles. The van der Waals surface area contributed by atoms with Gasteiger partial charge in [0.15, 0.2) is 0 Å². The first kappa shape index (κ1) is 25.7. The minimum Gasteiger partial charge on any atom is -0.376 e. The second-order valence-electron chi connectivity index (χ2n) is 11.8. The van der Waals surface area contributed by atoms with Crippen LogP contribution in [0.5, 0.6) is 0 Å². The summed E-state index contributed by atoms with van der Waals surface area (Å²) < 4.78 is 2.42. The Hall–Kier alpha value is -5.80. The van der Waals surface area contributed by atoms with E-state index in [4.69, 9.17) is 0 Å². The summed E-state index contributed by atoms with van der Waals surface area (Å²) in [6.45, 7) is 0.0409. The van der Waals surface area contributed by atoms with Gasteiger partial charge < -0.3 is 9.38 Å². The van der Waals surface area contributed by atoms with Crippen LogP contribution in [0.25, 0.3) is 49.7 Å². The van der Waals surface area contributed by atoms with Crippen molar-refractivity contribution >= 4 is 51.0 Å². The fraction of sp³-hybridized carbons (Fsp3) is 0. The third kappa shape index (κ3) is 4.12. The molecule has 0 atom stereocenters. The average Bonchev–Trinajstić information content (AvgIpc) is 3.45. The van der Waals surface area contributed by atoms with E-state index in [1.807, 2.05) is 0 Å². The van der Waals surface area contributed by atoms with Crippen LogP contribution in [0.4, 0.5) is 11.4 Å². The first-order valence-corrected chi connectivity index (χ1v) is 15.6. The Morgan fingerprint density at radius 2 is 1.07 bits per heavy atom. The van der Waals surface area contributed by atoms with Crippen molar-refractivity contribution in [3.8, 4) is 27.9 Å². The number of benzene rings is 7. The molecule has 0 bridgehead atoms. The van der Waals surface area contributed by atoms with Gasteiger partial charge in [0.1, 0.15) is 0 Å². The smallest absolute Gasteiger partial charge is 0.328 e. The number of hydrogen-bond acceptors (Lipinski definition) is 1. The molecule has 0 saturated heterocycles. The van der Waals surface area contributed by atoms with Gasteiger partial charge in [-0.2, -0.15) is 0 Å². The SMILES string of the molecule is c1ccc(B2c3ccccc3-c3ccccc3N2c2cccc(-n3c4ccccc4c4cc(-c5ccccc5)ccc43)c2)cc1. The van der Waals surface area contributed by atoms with E-state index in [0.29, 0.717) is 0 Å². The molecule has 1 aromatic heterocycles. The molecule has 0 saturated carbocycles. The fourth-order valence-corrected chi connectivity index (χ4v) is 7.27. The van der Waals surface area contributed by atoms with Crippen LogP contribution in [0.1, 0.15) is 0 Å². The Balaban J connectivity index is 1.26. The number of hydrogen-bond donors (Lipinski definition) is 0. The lowest BCUT2D eigenvalue weighted by Gasteiger charge is -2.39. The fourth-order valence-electron chi connectivity index (χ4n) is 7.27. The maximum Gasteiger partial charge on any atom is 0.328 e. The molecule has 0 N–H and O–H groups in total. The van der Waals surface area contributed by atoms with Crippen molar-refractivity contribution < 1.29 is 0 Å². The first-order chi connectivity index (χ1) is 22.3. The molecular formula is C42H29BN2. The highest BCUT2D eigenvalue weighted by Gasteiger charge is 2.36. The molecule has 0 aliphatic carbocycles. The molecule has 0 unspecified atom stereocenters. The number of para-hydroxylation sites is 2. The summed E-state index contributed by atoms with van der Waals surface area (Å²) in [4.78, 5) is 2.53. The van der Waals surface area contributed by atoms with E-state index in [9.17, 15) is 0 Å². The molecule has 1 aliphatic rings. The maximum absolute atomic E-state index is 2.53. The van der Waals surface area contributed by atoms with Crippen LogP contribution in [0.15, 0.2) is 176 Å². The number of fused-ring (bicyclic) bond motifs is 6. The zero-order valence-electron chi connectivity index (χ0n) is 24.7. The quantitative estimate of drug-likeness (QED) is 0.191. The summed E-state index contributed by atoms with van der Waals surface area (Å²) in [5.41, 5.74) is 13.6. The van der Waals surface area contributed by atoms with Crippen LogP contribution in [-0.4, -0.2) is 11.4 Å². The minimum absolute atomic E-state index is 0.0409. The predicted molar refractivity (Wildman–Crippen MR) is 192 cm³/mol. The second kappa shape index (κ2) is 10.4. The van der Waals surface area contributed by atoms with Crippen LogP contribution in [0.3, 0.4) is 0 Å². The second-order valence-corrected chi connectivity index (χ2v) is 11.8. The zero-order chi connectivity index (χ0) is 29.7. The molecule has 0 spiro atoms. The van der Waals surface area contributed by atoms with Crippen LogP contribution in [0, 0.1) is 0 Å². The molecule has 2 heterocycles. The van der Waals surface area contributed by atoms with Gasteiger partial charge in [0.2, 0.25) is 0 Å². The molecule has 7 aromatic carbocycles. The van der Waals surface area contributed by atoms with E-state index in [0.717, 1.165) is 11.4 Å². The van der Waals surface area contributed by atoms with Crippen molar-refractivity contribution in [1.82, 2.24) is 4.57 Å². The van der Waals surface area contributed by atoms with Crippen LogP contribution < -0.4 is 15.7 Å². The number of anilines is 2. The van der Waals surface area contributed by atoms with Gasteiger partial charge in [0.05, 0.1) is 11.0 Å². The largest absolute Gasteiger partial charge is 0.376 e. The third-order valence-corrected chi connectivity index (χ3v) is 9.23. The monoisotopic (exact) mass is 572 g/mol. The Morgan fingerprint density at radius 3 is 1.93 bits per heavy atom. The van der Waals surface area contributed by atoms with Gasteiger partial charge >= 0.3 is 6.85 Å². The van der Waals surface area contributed by atoms with Crippen molar-refractivity contribution in [3.63, 3.8) is 0 Å². The lowest BCUT2D eigenvalue weighted by atomic mass is 9.46. The van der Waals surface area contributed by atoms with Crippen molar-refractivity contribution in [2.45, 2.75) is 0 Å². The molecule has 0 fully saturated rings. The Morgan fingerprint density at radius 1 is 0.400 bits per heavy atom. The molecule has 2 nitrogen and oxygen atoms in total. The van der Waals surface area contributed by atoms with Gasteiger partial charge in [0, 0.05) is 33.4 Å². The van der Waals surface area contributed by atoms with Crippen LogP contribution in [-0.2, 0) is 0 Å². The highest BCUT2D eigenvalue weighted by atomic mass is 15.1. The van der Waals surface area contributed by atoms with Crippen molar-refractivity contribution in [1.29, 1.82) is 0 Å². The summed E-state index contributed by atoms with van der Waals surface area (Å²) >= 11 is 0. The molecule has 0 radical (unpaired) electrons. The van der Waals surface area contributed by atoms with Gasteiger partial charge in [-0.3, -0.25) is 0 Å². The molecular weight excluding hydrogens is 543 g/mol. The van der Waals surface area contributed by atoms with Gasteiger partial charge in [-0.15, -0.1) is 0 Å². The number of aromatic nitrogens is 1. The van der Waals surface area contributed by atoms with E-state index >= 15 is 0 Å². The maximum atomic E-state index is 2.53. The number of rotatable bonds is 4. The van der Waals surface area contributed by atoms with E-state index in [2.05, 4.69) is 185 Å². The van der Waals surface area contributed by atoms with Crippen molar-refractivity contribution in [2.75, 3.05) is 4.81 Å². The highest BCUT2D eigenvalue weighted by Crippen LogP contribution is 2.41. The summed E-state index contributed by atoms with van der Waals surface area (Å²) in [7, 11) is 0. The molecule has 3 heteroatoms. The summed E-state index contributed by atoms with van der Waals surface area (Å²) in [6, 6.07) is 63.9. The molecule has 9 rings (SSSR count). The van der Waals surface area contributed by atoms with E-state index in [1.54, 1.807) is 0 Å². The highest BCUT2D eigenvalue weighted by molar-refractivity contribution is 6.90. The lowest BCUT2D eigenvalue weighted by molar-refractivity contribution is 1.17. The number of nitrogens with zero attached hydrogens (tertiary/aromatic N) is 2. The average molecular weight is 573 g/mol. The predicted octanol–water partition coefficient (Wildman–Crippen LogP) is 9.38. The Bertz CT molecular complexity index is 2340. The minimum atomic E-state index is 0.0409. The topological polar surface area (TPSA) is 8.17 Å². The molecule has 8 aromatic rings. The molecule has 210 valence electrons. The van der Waals surface area contributed by atoms with Gasteiger partial charge in [-0.05, 0) is 64.6 Å². The summed E-state index contributed by atoms with van der Waals surface area (Å²) in [5.74, 6) is 0. The summed E-state index contributed by atoms with van der Waals surface area (Å²) in [5, 5.41) is 2.52. The zero-order valence-corrected chi connectivity index (χ0v) is 24.7. The van der Waals surface area contributed by atoms with Crippen molar-refractivity contribution in [2.24, 2.45) is 0 Å². The summed E-state index contributed by atoms with van der Waals surface area (Å²) in [6.07, 6.45) is 0. The van der Waals surface area contributed by atoms with Gasteiger partial charge in [-0.25, -0.2) is 0 Å². The molecule has 0 amide bonds. The normalized spacial score (nSPS) is 12.4. The standard InChI is InChI=1S/C42H29BN2/c1-3-14-30(15-4-1)31-26-27-41-38(28-31)37-22-8-11-24-40(37)44(41)33-18-13-19-34(29-33)45-42-25-12-9-21-36(42)35-20-7-10-23-39(35)43(45)32-16-5-2-6-17-32/h1-29H. The third-order valence-electron chi connectivity index (χ3n) is 9.23. The first-order valence-electron chi connectivity index (χ1n) is 15.6. The van der Waals surface area contributed by atoms with Crippen molar-refractivity contribution in [3.05, 3.63) is 176 Å².